The fourth-order valence-corrected chi connectivity index (χ4v) is 3.80. The Kier molecular flexibility index (Phi) is 5.20. The second kappa shape index (κ2) is 6.71. The minimum Gasteiger partial charge on any atom is -0.447 e. The standard InChI is InChI=1S/C13H22N2O4S/c1-2-14-8-11-6-7-13(19-11)20(17,18)15-12-5-3-4-10(12)9-16/h6-7,10,12,14-16H,2-5,8-9H2,1H3. The average Bonchev–Trinajstić information content (AvgIpc) is 3.04. The van der Waals surface area contributed by atoms with E-state index >= 15 is 0 Å². The van der Waals surface area contributed by atoms with Crippen molar-refractivity contribution in [2.45, 2.75) is 43.9 Å². The van der Waals surface area contributed by atoms with Crippen molar-refractivity contribution in [3.63, 3.8) is 0 Å². The van der Waals surface area contributed by atoms with Gasteiger partial charge in [-0.1, -0.05) is 13.3 Å². The molecule has 0 amide bonds. The molecular weight excluding hydrogens is 280 g/mol. The van der Waals surface area contributed by atoms with Crippen molar-refractivity contribution < 1.29 is 17.9 Å². The summed E-state index contributed by atoms with van der Waals surface area (Å²) in [5.41, 5.74) is 0. The summed E-state index contributed by atoms with van der Waals surface area (Å²) in [6.07, 6.45) is 2.55. The van der Waals surface area contributed by atoms with E-state index in [0.29, 0.717) is 12.3 Å². The minimum absolute atomic E-state index is 0.000894. The molecule has 1 aromatic heterocycles. The Hall–Kier alpha value is -0.890. The summed E-state index contributed by atoms with van der Waals surface area (Å²) in [4.78, 5) is 0. The predicted molar refractivity (Wildman–Crippen MR) is 74.6 cm³/mol. The maximum absolute atomic E-state index is 12.2. The van der Waals surface area contributed by atoms with Crippen LogP contribution in [-0.4, -0.2) is 32.7 Å². The van der Waals surface area contributed by atoms with Crippen LogP contribution >= 0.6 is 0 Å². The lowest BCUT2D eigenvalue weighted by molar-refractivity contribution is 0.213. The summed E-state index contributed by atoms with van der Waals surface area (Å²) in [7, 11) is -3.65. The van der Waals surface area contributed by atoms with E-state index in [1.54, 1.807) is 6.07 Å². The van der Waals surface area contributed by atoms with Crippen molar-refractivity contribution in [2.24, 2.45) is 5.92 Å². The van der Waals surface area contributed by atoms with Gasteiger partial charge in [-0.15, -0.1) is 0 Å². The second-order valence-electron chi connectivity index (χ2n) is 5.10. The predicted octanol–water partition coefficient (Wildman–Crippen LogP) is 0.828. The number of hydrogen-bond acceptors (Lipinski definition) is 5. The zero-order chi connectivity index (χ0) is 14.6. The highest BCUT2D eigenvalue weighted by molar-refractivity contribution is 7.89. The van der Waals surface area contributed by atoms with Crippen LogP contribution in [0, 0.1) is 5.92 Å². The highest BCUT2D eigenvalue weighted by Gasteiger charge is 2.31. The molecule has 0 radical (unpaired) electrons. The zero-order valence-electron chi connectivity index (χ0n) is 11.6. The van der Waals surface area contributed by atoms with Gasteiger partial charge in [0.05, 0.1) is 6.54 Å². The normalized spacial score (nSPS) is 23.3. The highest BCUT2D eigenvalue weighted by atomic mass is 32.2. The van der Waals surface area contributed by atoms with Gasteiger partial charge in [-0.2, -0.15) is 0 Å². The number of rotatable bonds is 7. The number of sulfonamides is 1. The first-order valence-corrected chi connectivity index (χ1v) is 8.47. The van der Waals surface area contributed by atoms with E-state index in [1.165, 1.54) is 6.07 Å². The molecular formula is C13H22N2O4S. The van der Waals surface area contributed by atoms with Gasteiger partial charge in [0.25, 0.3) is 10.0 Å². The molecule has 0 aliphatic heterocycles. The third-order valence-electron chi connectivity index (χ3n) is 3.65. The molecule has 1 aromatic rings. The molecule has 2 atom stereocenters. The Labute approximate surface area is 119 Å². The third kappa shape index (κ3) is 3.60. The topological polar surface area (TPSA) is 91.6 Å². The van der Waals surface area contributed by atoms with Gasteiger partial charge in [0.2, 0.25) is 5.09 Å². The molecule has 7 heteroatoms. The Morgan fingerprint density at radius 2 is 2.20 bits per heavy atom. The second-order valence-corrected chi connectivity index (χ2v) is 6.75. The van der Waals surface area contributed by atoms with Gasteiger partial charge in [0.15, 0.2) is 0 Å². The molecule has 0 spiro atoms. The maximum atomic E-state index is 12.2. The molecule has 1 aliphatic carbocycles. The number of hydrogen-bond donors (Lipinski definition) is 3. The molecule has 1 heterocycles. The van der Waals surface area contributed by atoms with Gasteiger partial charge in [-0.05, 0) is 37.4 Å². The van der Waals surface area contributed by atoms with Crippen LogP contribution in [0.15, 0.2) is 21.6 Å². The van der Waals surface area contributed by atoms with E-state index in [9.17, 15) is 13.5 Å². The molecule has 3 N–H and O–H groups in total. The molecule has 0 saturated heterocycles. The zero-order valence-corrected chi connectivity index (χ0v) is 12.4. The Balaban J connectivity index is 2.04. The van der Waals surface area contributed by atoms with Crippen molar-refractivity contribution in [2.75, 3.05) is 13.2 Å². The van der Waals surface area contributed by atoms with Gasteiger partial charge in [-0.3, -0.25) is 0 Å². The van der Waals surface area contributed by atoms with E-state index in [4.69, 9.17) is 4.42 Å². The fraction of sp³-hybridized carbons (Fsp3) is 0.692. The summed E-state index contributed by atoms with van der Waals surface area (Å²) in [6, 6.07) is 2.93. The van der Waals surface area contributed by atoms with Gasteiger partial charge in [-0.25, -0.2) is 13.1 Å². The van der Waals surface area contributed by atoms with Crippen molar-refractivity contribution in [1.29, 1.82) is 0 Å². The van der Waals surface area contributed by atoms with E-state index in [2.05, 4.69) is 10.0 Å². The summed E-state index contributed by atoms with van der Waals surface area (Å²) in [5, 5.41) is 12.3. The first kappa shape index (κ1) is 15.5. The molecule has 0 bridgehead atoms. The first-order chi connectivity index (χ1) is 9.56. The van der Waals surface area contributed by atoms with Gasteiger partial charge < -0.3 is 14.8 Å². The lowest BCUT2D eigenvalue weighted by Crippen LogP contribution is -2.38. The fourth-order valence-electron chi connectivity index (χ4n) is 2.51. The Bertz CT molecular complexity index is 526. The average molecular weight is 302 g/mol. The lowest BCUT2D eigenvalue weighted by Gasteiger charge is -2.17. The van der Waals surface area contributed by atoms with Crippen LogP contribution < -0.4 is 10.0 Å². The highest BCUT2D eigenvalue weighted by Crippen LogP contribution is 2.27. The minimum atomic E-state index is -3.65. The van der Waals surface area contributed by atoms with Crippen LogP contribution in [0.25, 0.3) is 0 Å². The van der Waals surface area contributed by atoms with Crippen molar-refractivity contribution >= 4 is 10.0 Å². The van der Waals surface area contributed by atoms with Crippen LogP contribution in [0.3, 0.4) is 0 Å². The van der Waals surface area contributed by atoms with Crippen molar-refractivity contribution in [3.05, 3.63) is 17.9 Å². The maximum Gasteiger partial charge on any atom is 0.274 e. The van der Waals surface area contributed by atoms with E-state index in [1.807, 2.05) is 6.92 Å². The lowest BCUT2D eigenvalue weighted by atomic mass is 10.1. The Morgan fingerprint density at radius 3 is 2.90 bits per heavy atom. The molecule has 1 aliphatic rings. The number of aliphatic hydroxyl groups excluding tert-OH is 1. The molecule has 2 unspecified atom stereocenters. The van der Waals surface area contributed by atoms with Crippen LogP contribution in [0.5, 0.6) is 0 Å². The van der Waals surface area contributed by atoms with Gasteiger partial charge in [0.1, 0.15) is 5.76 Å². The van der Waals surface area contributed by atoms with E-state index in [-0.39, 0.29) is 23.7 Å². The largest absolute Gasteiger partial charge is 0.447 e. The Morgan fingerprint density at radius 1 is 1.40 bits per heavy atom. The van der Waals surface area contributed by atoms with Crippen LogP contribution in [0.1, 0.15) is 31.9 Å². The molecule has 1 saturated carbocycles. The molecule has 1 fully saturated rings. The molecule has 114 valence electrons. The monoisotopic (exact) mass is 302 g/mol. The third-order valence-corrected chi connectivity index (χ3v) is 5.01. The number of furan rings is 1. The summed E-state index contributed by atoms with van der Waals surface area (Å²) >= 11 is 0. The van der Waals surface area contributed by atoms with Crippen LogP contribution in [0.2, 0.25) is 0 Å². The van der Waals surface area contributed by atoms with Crippen molar-refractivity contribution in [1.82, 2.24) is 10.0 Å². The van der Waals surface area contributed by atoms with Gasteiger partial charge >= 0.3 is 0 Å². The van der Waals surface area contributed by atoms with Crippen LogP contribution in [-0.2, 0) is 16.6 Å². The SMILES string of the molecule is CCNCc1ccc(S(=O)(=O)NC2CCCC2CO)o1. The molecule has 2 rings (SSSR count). The van der Waals surface area contributed by atoms with Crippen molar-refractivity contribution in [3.8, 4) is 0 Å². The summed E-state index contributed by atoms with van der Waals surface area (Å²) < 4.78 is 32.5. The number of nitrogens with one attached hydrogen (secondary N) is 2. The quantitative estimate of drug-likeness (QED) is 0.694. The summed E-state index contributed by atoms with van der Waals surface area (Å²) in [6.45, 7) is 3.28. The van der Waals surface area contributed by atoms with Crippen LogP contribution in [0.4, 0.5) is 0 Å². The molecule has 6 nitrogen and oxygen atoms in total. The number of aliphatic hydroxyl groups is 1. The van der Waals surface area contributed by atoms with Gasteiger partial charge in [0, 0.05) is 12.6 Å². The molecule has 0 aromatic carbocycles. The first-order valence-electron chi connectivity index (χ1n) is 6.99. The summed E-state index contributed by atoms with van der Waals surface area (Å²) in [5.74, 6) is 0.596. The van der Waals surface area contributed by atoms with E-state index < -0.39 is 10.0 Å². The molecule has 20 heavy (non-hydrogen) atoms. The smallest absolute Gasteiger partial charge is 0.274 e. The van der Waals surface area contributed by atoms with E-state index in [0.717, 1.165) is 25.8 Å².